The van der Waals surface area contributed by atoms with Crippen LogP contribution in [-0.4, -0.2) is 19.7 Å². The van der Waals surface area contributed by atoms with Crippen LogP contribution in [0.2, 0.25) is 0 Å². The zero-order valence-electron chi connectivity index (χ0n) is 9.39. The van der Waals surface area contributed by atoms with Crippen molar-refractivity contribution in [2.45, 2.75) is 13.8 Å². The van der Waals surface area contributed by atoms with Gasteiger partial charge >= 0.3 is 11.7 Å². The molecule has 6 nitrogen and oxygen atoms in total. The van der Waals surface area contributed by atoms with Gasteiger partial charge in [-0.15, -0.1) is 5.10 Å². The Morgan fingerprint density at radius 3 is 2.82 bits per heavy atom. The molecule has 3 rings (SSSR count). The van der Waals surface area contributed by atoms with Gasteiger partial charge in [0.25, 0.3) is 0 Å². The fraction of sp³-hybridized carbons (Fsp3) is 0.182. The lowest BCUT2D eigenvalue weighted by atomic mass is 10.2. The number of nitrogens with one attached hydrogen (secondary N) is 1. The Bertz CT molecular complexity index is 750. The van der Waals surface area contributed by atoms with E-state index in [4.69, 9.17) is 4.42 Å². The number of H-pyrrole nitrogens is 1. The maximum Gasteiger partial charge on any atom is 0.334 e. The molecule has 6 heteroatoms. The lowest BCUT2D eigenvalue weighted by molar-refractivity contribution is 0.495. The fourth-order valence-corrected chi connectivity index (χ4v) is 1.78. The quantitative estimate of drug-likeness (QED) is 0.684. The second-order valence-corrected chi connectivity index (χ2v) is 3.89. The molecule has 0 bridgehead atoms. The van der Waals surface area contributed by atoms with Crippen molar-refractivity contribution < 1.29 is 4.42 Å². The van der Waals surface area contributed by atoms with E-state index in [2.05, 4.69) is 15.2 Å². The van der Waals surface area contributed by atoms with E-state index in [0.717, 1.165) is 16.6 Å². The highest BCUT2D eigenvalue weighted by Gasteiger charge is 2.13. The zero-order valence-corrected chi connectivity index (χ0v) is 9.39. The highest BCUT2D eigenvalue weighted by molar-refractivity contribution is 5.77. The second-order valence-electron chi connectivity index (χ2n) is 3.89. The average molecular weight is 230 g/mol. The molecule has 0 aliphatic heterocycles. The molecule has 0 unspecified atom stereocenters. The Morgan fingerprint density at radius 2 is 2.12 bits per heavy atom. The van der Waals surface area contributed by atoms with Crippen LogP contribution in [0.1, 0.15) is 11.5 Å². The summed E-state index contributed by atoms with van der Waals surface area (Å²) in [6.07, 6.45) is 0. The standard InChI is InChI=1S/C11H10N4O2/c1-6-3-4-8-9(5-6)15(10(16)12-8)11-14-13-7(2)17-11/h3-5H,1-2H3,(H,12,16). The fourth-order valence-electron chi connectivity index (χ4n) is 1.78. The van der Waals surface area contributed by atoms with Crippen molar-refractivity contribution in [3.63, 3.8) is 0 Å². The largest absolute Gasteiger partial charge is 0.408 e. The van der Waals surface area contributed by atoms with E-state index in [1.165, 1.54) is 4.57 Å². The summed E-state index contributed by atoms with van der Waals surface area (Å²) in [5.41, 5.74) is 2.26. The van der Waals surface area contributed by atoms with E-state index < -0.39 is 0 Å². The highest BCUT2D eigenvalue weighted by atomic mass is 16.4. The van der Waals surface area contributed by atoms with Gasteiger partial charge in [-0.2, -0.15) is 0 Å². The van der Waals surface area contributed by atoms with Crippen LogP contribution >= 0.6 is 0 Å². The van der Waals surface area contributed by atoms with Crippen LogP contribution in [-0.2, 0) is 0 Å². The molecule has 17 heavy (non-hydrogen) atoms. The van der Waals surface area contributed by atoms with Crippen molar-refractivity contribution in [2.24, 2.45) is 0 Å². The van der Waals surface area contributed by atoms with Crippen molar-refractivity contribution in [2.75, 3.05) is 0 Å². The summed E-state index contributed by atoms with van der Waals surface area (Å²) in [6.45, 7) is 3.64. The van der Waals surface area contributed by atoms with Crippen LogP contribution in [0, 0.1) is 13.8 Å². The second kappa shape index (κ2) is 3.31. The van der Waals surface area contributed by atoms with E-state index in [-0.39, 0.29) is 11.7 Å². The Kier molecular flexibility index (Phi) is 1.91. The first kappa shape index (κ1) is 9.83. The van der Waals surface area contributed by atoms with Crippen LogP contribution in [0.25, 0.3) is 17.0 Å². The van der Waals surface area contributed by atoms with Gasteiger partial charge in [-0.05, 0) is 24.6 Å². The van der Waals surface area contributed by atoms with Crippen molar-refractivity contribution in [1.29, 1.82) is 0 Å². The molecule has 2 aromatic heterocycles. The molecule has 0 fully saturated rings. The van der Waals surface area contributed by atoms with E-state index in [1.807, 2.05) is 25.1 Å². The first-order chi connectivity index (χ1) is 8.15. The van der Waals surface area contributed by atoms with E-state index in [0.29, 0.717) is 5.89 Å². The number of aromatic nitrogens is 4. The molecule has 0 aliphatic rings. The Hall–Kier alpha value is -2.37. The van der Waals surface area contributed by atoms with Gasteiger partial charge in [0.15, 0.2) is 0 Å². The van der Waals surface area contributed by atoms with Crippen LogP contribution in [0.3, 0.4) is 0 Å². The van der Waals surface area contributed by atoms with Gasteiger partial charge in [0.1, 0.15) is 0 Å². The summed E-state index contributed by atoms with van der Waals surface area (Å²) in [5, 5.41) is 7.58. The monoisotopic (exact) mass is 230 g/mol. The molecule has 2 heterocycles. The minimum Gasteiger partial charge on any atom is -0.408 e. The van der Waals surface area contributed by atoms with Crippen molar-refractivity contribution in [3.8, 4) is 6.01 Å². The van der Waals surface area contributed by atoms with E-state index >= 15 is 0 Å². The predicted molar refractivity (Wildman–Crippen MR) is 61.2 cm³/mol. The predicted octanol–water partition coefficient (Wildman–Crippen LogP) is 1.32. The molecule has 0 spiro atoms. The van der Waals surface area contributed by atoms with E-state index in [1.54, 1.807) is 6.92 Å². The third-order valence-electron chi connectivity index (χ3n) is 2.55. The number of aromatic amines is 1. The van der Waals surface area contributed by atoms with Crippen LogP contribution in [0.15, 0.2) is 27.4 Å². The summed E-state index contributed by atoms with van der Waals surface area (Å²) in [7, 11) is 0. The summed E-state index contributed by atoms with van der Waals surface area (Å²) >= 11 is 0. The van der Waals surface area contributed by atoms with Crippen LogP contribution in [0.5, 0.6) is 0 Å². The van der Waals surface area contributed by atoms with E-state index in [9.17, 15) is 4.79 Å². The molecular weight excluding hydrogens is 220 g/mol. The molecule has 0 aliphatic carbocycles. The van der Waals surface area contributed by atoms with Gasteiger partial charge in [-0.3, -0.25) is 0 Å². The summed E-state index contributed by atoms with van der Waals surface area (Å²) in [5.74, 6) is 0.425. The molecule has 0 amide bonds. The number of nitrogens with zero attached hydrogens (tertiary/aromatic N) is 3. The smallest absolute Gasteiger partial charge is 0.334 e. The number of hydrogen-bond acceptors (Lipinski definition) is 4. The Balaban J connectivity index is 2.39. The minimum atomic E-state index is -0.283. The van der Waals surface area contributed by atoms with Gasteiger partial charge in [0.2, 0.25) is 5.89 Å². The summed E-state index contributed by atoms with van der Waals surface area (Å²) < 4.78 is 6.65. The molecule has 0 atom stereocenters. The molecular formula is C11H10N4O2. The number of aryl methyl sites for hydroxylation is 2. The maximum absolute atomic E-state index is 11.8. The van der Waals surface area contributed by atoms with Gasteiger partial charge in [-0.1, -0.05) is 11.2 Å². The van der Waals surface area contributed by atoms with Crippen LogP contribution < -0.4 is 5.69 Å². The topological polar surface area (TPSA) is 76.7 Å². The number of fused-ring (bicyclic) bond motifs is 1. The highest BCUT2D eigenvalue weighted by Crippen LogP contribution is 2.15. The average Bonchev–Trinajstić information content (AvgIpc) is 2.81. The van der Waals surface area contributed by atoms with Gasteiger partial charge in [0.05, 0.1) is 11.0 Å². The van der Waals surface area contributed by atoms with Crippen molar-refractivity contribution >= 4 is 11.0 Å². The third kappa shape index (κ3) is 1.45. The molecule has 3 aromatic rings. The first-order valence-corrected chi connectivity index (χ1v) is 5.17. The molecule has 0 saturated carbocycles. The number of benzene rings is 1. The normalized spacial score (nSPS) is 11.2. The Labute approximate surface area is 95.9 Å². The lowest BCUT2D eigenvalue weighted by Crippen LogP contribution is -2.14. The number of imidazole rings is 1. The summed E-state index contributed by atoms with van der Waals surface area (Å²) in [6, 6.07) is 5.87. The first-order valence-electron chi connectivity index (χ1n) is 5.17. The molecule has 1 N–H and O–H groups in total. The van der Waals surface area contributed by atoms with Gasteiger partial charge in [0, 0.05) is 6.92 Å². The minimum absolute atomic E-state index is 0.185. The zero-order chi connectivity index (χ0) is 12.0. The third-order valence-corrected chi connectivity index (χ3v) is 2.55. The molecule has 86 valence electrons. The van der Waals surface area contributed by atoms with Crippen molar-refractivity contribution in [3.05, 3.63) is 40.1 Å². The molecule has 0 saturated heterocycles. The Morgan fingerprint density at radius 1 is 1.29 bits per heavy atom. The maximum atomic E-state index is 11.8. The SMILES string of the molecule is Cc1ccc2[nH]c(=O)n(-c3nnc(C)o3)c2c1. The molecule has 0 radical (unpaired) electrons. The summed E-state index contributed by atoms with van der Waals surface area (Å²) in [4.78, 5) is 14.6. The van der Waals surface area contributed by atoms with Gasteiger partial charge < -0.3 is 9.40 Å². The van der Waals surface area contributed by atoms with Gasteiger partial charge in [-0.25, -0.2) is 9.36 Å². The number of hydrogen-bond donors (Lipinski definition) is 1. The van der Waals surface area contributed by atoms with Crippen LogP contribution in [0.4, 0.5) is 0 Å². The van der Waals surface area contributed by atoms with Crippen molar-refractivity contribution in [1.82, 2.24) is 19.7 Å². The molecule has 1 aromatic carbocycles. The number of rotatable bonds is 1. The lowest BCUT2D eigenvalue weighted by Gasteiger charge is -1.97.